The number of allylic oxidation sites excluding steroid dienone is 12. The van der Waals surface area contributed by atoms with Gasteiger partial charge >= 0.3 is 23.9 Å². The molecule has 8 heterocycles. The van der Waals surface area contributed by atoms with Gasteiger partial charge < -0.3 is 98.7 Å². The zero-order chi connectivity index (χ0) is 99.3. The van der Waals surface area contributed by atoms with Crippen molar-refractivity contribution in [2.45, 2.75) is 251 Å². The molecule has 8 aliphatic rings. The smallest absolute Gasteiger partial charge is 0.342 e. The molecule has 4 fully saturated rings. The number of halogens is 2. The summed E-state index contributed by atoms with van der Waals surface area (Å²) in [6.45, 7) is 13.5. The quantitative estimate of drug-likeness (QED) is 0.0237. The number of nitrogens with zero attached hydrogens (tertiary/aromatic N) is 8. The zero-order valence-electron chi connectivity index (χ0n) is 79.7. The number of oxime groups is 4. The van der Waals surface area contributed by atoms with Crippen molar-refractivity contribution in [1.82, 2.24) is 19.6 Å². The number of rotatable bonds is 15. The second-order valence-electron chi connectivity index (χ2n) is 34.8. The molecule has 0 aliphatic carbocycles. The monoisotopic (exact) mass is 1950 g/mol. The minimum Gasteiger partial charge on any atom is -0.508 e. The largest absolute Gasteiger partial charge is 0.508 e. The molecule has 8 N–H and O–H groups in total. The van der Waals surface area contributed by atoms with Crippen LogP contribution in [0.1, 0.15) is 265 Å². The van der Waals surface area contributed by atoms with E-state index in [2.05, 4.69) is 54.4 Å². The van der Waals surface area contributed by atoms with Crippen LogP contribution in [0.3, 0.4) is 0 Å². The van der Waals surface area contributed by atoms with E-state index < -0.39 is 35.4 Å². The molecule has 0 radical (unpaired) electrons. The molecule has 4 aromatic carbocycles. The Labute approximate surface area is 817 Å². The van der Waals surface area contributed by atoms with Crippen molar-refractivity contribution in [3.63, 3.8) is 0 Å². The van der Waals surface area contributed by atoms with E-state index in [4.69, 9.17) is 61.5 Å². The molecule has 748 valence electrons. The second-order valence-corrected chi connectivity index (χ2v) is 35.5. The Morgan fingerprint density at radius 3 is 1.09 bits per heavy atom. The van der Waals surface area contributed by atoms with Crippen LogP contribution in [0, 0.1) is 5.92 Å². The van der Waals surface area contributed by atoms with Gasteiger partial charge in [-0.15, -0.1) is 0 Å². The van der Waals surface area contributed by atoms with Crippen molar-refractivity contribution in [2.24, 2.45) is 26.5 Å². The van der Waals surface area contributed by atoms with Crippen LogP contribution in [-0.4, -0.2) is 234 Å². The number of phenols is 8. The molecule has 0 bridgehead atoms. The molecule has 12 rings (SSSR count). The minimum absolute atomic E-state index is 0.0184. The van der Waals surface area contributed by atoms with E-state index >= 15 is 0 Å². The Morgan fingerprint density at radius 2 is 0.703 bits per heavy atom. The first kappa shape index (κ1) is 109. The summed E-state index contributed by atoms with van der Waals surface area (Å²) in [5.41, 5.74) is 2.40. The Hall–Kier alpha value is -12.6. The summed E-state index contributed by atoms with van der Waals surface area (Å²) >= 11 is 12.6. The third kappa shape index (κ3) is 34.8. The summed E-state index contributed by atoms with van der Waals surface area (Å²) in [6.07, 6.45) is 53.1. The lowest BCUT2D eigenvalue weighted by atomic mass is 9.99. The lowest BCUT2D eigenvalue weighted by Gasteiger charge is -2.34. The fraction of sp³-hybridized carbons (Fsp3) is 0.500. The van der Waals surface area contributed by atoms with Crippen LogP contribution in [0.4, 0.5) is 0 Å². The number of carbonyl (C=O) groups is 8. The second kappa shape index (κ2) is 58.2. The topological polar surface area (TPSA) is 435 Å². The number of piperidine rings is 4. The maximum atomic E-state index is 12.8. The molecule has 4 saturated heterocycles. The van der Waals surface area contributed by atoms with Crippen LogP contribution in [0.2, 0.25) is 10.0 Å². The first-order chi connectivity index (χ1) is 66.7. The standard InChI is InChI=1S/2C26H33ClN2O6.2C26H34N2O6/c2*1-2-19-12-8-9-13-29(19)23(32)17-35-28-18-11-7-5-3-4-6-10-14-34-26(33)24-20(15-18)25(27)22(31)16-21(24)30;1-18-8-6-10-19(2)34-26(32)25-20(15-22(29)16-23(25)30)14-21(11-7-9-18)27-33-17-24(31)28-12-4-3-5-13-28;1-2-21-12-8-9-13-28(21)24(31)18-34-27-20-11-7-5-3-4-6-10-14-33-26(32)25-19(15-20)16-22(29)17-23(25)30/h2*4,6-7,11,16,19,30-31H,2-3,5,8-10,12-15,17H2,1H3;6-8,11,15-16,18-19,29-30H,3-5,9-10,12-14,17H2,1-2H3;4,6-7,11,16-17,21,29-30H,2-3,5,8-10,12-15,18H2,1H3/b6-4+,11-7+,28-18+;6-4+,11-7+,28-18-;8-6+,11-7+,27-21+;6-4+,11-7+,27-20-/t;;18?,19-;/m..1./s1. The van der Waals surface area contributed by atoms with E-state index in [1.54, 1.807) is 36.1 Å². The molecule has 4 unspecified atom stereocenters. The third-order valence-corrected chi connectivity index (χ3v) is 25.1. The van der Waals surface area contributed by atoms with Gasteiger partial charge in [-0.3, -0.25) is 19.2 Å². The molecule has 0 saturated carbocycles. The average molecular weight is 1950 g/mol. The Balaban J connectivity index is 0.000000206. The Bertz CT molecular complexity index is 5020. The fourth-order valence-electron chi connectivity index (χ4n) is 17.0. The van der Waals surface area contributed by atoms with Gasteiger partial charge in [0.1, 0.15) is 74.4 Å². The van der Waals surface area contributed by atoms with Crippen LogP contribution in [-0.2, 0) is 83.2 Å². The predicted molar refractivity (Wildman–Crippen MR) is 526 cm³/mol. The van der Waals surface area contributed by atoms with Crippen molar-refractivity contribution in [3.8, 4) is 46.0 Å². The number of carbonyl (C=O) groups excluding carboxylic acids is 8. The van der Waals surface area contributed by atoms with E-state index in [1.165, 1.54) is 12.1 Å². The number of benzene rings is 4. The minimum atomic E-state index is -0.750. The van der Waals surface area contributed by atoms with E-state index in [-0.39, 0.29) is 204 Å². The van der Waals surface area contributed by atoms with Crippen molar-refractivity contribution < 1.29 is 118 Å². The van der Waals surface area contributed by atoms with E-state index in [0.29, 0.717) is 72.7 Å². The van der Waals surface area contributed by atoms with Crippen LogP contribution in [0.15, 0.2) is 154 Å². The molecule has 0 aromatic heterocycles. The summed E-state index contributed by atoms with van der Waals surface area (Å²) in [4.78, 5) is 131. The van der Waals surface area contributed by atoms with E-state index in [0.717, 1.165) is 185 Å². The average Bonchev–Trinajstić information content (AvgIpc) is 0.793. The molecule has 0 spiro atoms. The maximum Gasteiger partial charge on any atom is 0.342 e. The number of amides is 4. The van der Waals surface area contributed by atoms with Gasteiger partial charge in [0.25, 0.3) is 23.6 Å². The number of hydrogen-bond donors (Lipinski definition) is 8. The van der Waals surface area contributed by atoms with E-state index in [1.807, 2.05) is 81.5 Å². The first-order valence-corrected chi connectivity index (χ1v) is 48.9. The van der Waals surface area contributed by atoms with Gasteiger partial charge in [-0.1, -0.05) is 144 Å². The molecular weight excluding hydrogens is 1820 g/mol. The number of likely N-dealkylation sites (tertiary alicyclic amines) is 4. The molecule has 5 atom stereocenters. The Morgan fingerprint density at radius 1 is 0.370 bits per heavy atom. The van der Waals surface area contributed by atoms with Gasteiger partial charge in [-0.25, -0.2) is 19.2 Å². The SMILES string of the molecule is CC1/C=C/C[C@@H](C)OC(=O)c2c(O)cc(O)cc2CC(=N/OCC(=O)N2CCCCC2)/C=C/C1.CCC1CCCCN1C(=O)CO/N=C1/C=C/CC/C=C/CCOC(=O)c2c(O)cc(O)c(Cl)c2C1.CCC1CCCCN1C(=O)CO/N=C1/C=C/CC/C=C/CCOC(=O)c2c(O)cc(O)cc2C1.CCC1CCCCN1C(=O)CO/N=C1\C=C\CC/C=C/CCOC(=O)c2c(O)cc(O)c(Cl)c2C1. The maximum absolute atomic E-state index is 12.8. The summed E-state index contributed by atoms with van der Waals surface area (Å²) in [6, 6.07) is 7.71. The van der Waals surface area contributed by atoms with Gasteiger partial charge in [-0.2, -0.15) is 0 Å². The predicted octanol–water partition coefficient (Wildman–Crippen LogP) is 18.2. The highest BCUT2D eigenvalue weighted by Gasteiger charge is 2.33. The van der Waals surface area contributed by atoms with Crippen LogP contribution >= 0.6 is 23.2 Å². The third-order valence-electron chi connectivity index (χ3n) is 24.3. The van der Waals surface area contributed by atoms with E-state index in [9.17, 15) is 79.2 Å². The van der Waals surface area contributed by atoms with Crippen molar-refractivity contribution >= 4 is 93.6 Å². The summed E-state index contributed by atoms with van der Waals surface area (Å²) in [7, 11) is 0. The molecule has 4 amide bonds. The summed E-state index contributed by atoms with van der Waals surface area (Å²) in [5, 5.41) is 98.3. The van der Waals surface area contributed by atoms with Gasteiger partial charge in [-0.05, 0) is 232 Å². The lowest BCUT2D eigenvalue weighted by Crippen LogP contribution is -2.44. The van der Waals surface area contributed by atoms with Gasteiger partial charge in [0.05, 0.1) is 52.7 Å². The number of phenolic OH excluding ortho intramolecular Hbond substituents is 8. The van der Waals surface area contributed by atoms with Gasteiger partial charge in [0.2, 0.25) is 0 Å². The van der Waals surface area contributed by atoms with Crippen molar-refractivity contribution in [3.05, 3.63) is 188 Å². The highest BCUT2D eigenvalue weighted by Crippen LogP contribution is 2.40. The molecule has 8 aliphatic heterocycles. The number of fused-ring (bicyclic) bond motifs is 4. The van der Waals surface area contributed by atoms with Crippen LogP contribution in [0.5, 0.6) is 46.0 Å². The number of esters is 4. The van der Waals surface area contributed by atoms with Gasteiger partial charge in [0.15, 0.2) is 26.4 Å². The molecule has 4 aromatic rings. The lowest BCUT2D eigenvalue weighted by molar-refractivity contribution is -0.140. The van der Waals surface area contributed by atoms with Crippen molar-refractivity contribution in [2.75, 3.05) is 79.0 Å². The fourth-order valence-corrected chi connectivity index (χ4v) is 17.4. The molecule has 138 heavy (non-hydrogen) atoms. The molecule has 34 heteroatoms. The molecule has 32 nitrogen and oxygen atoms in total. The first-order valence-electron chi connectivity index (χ1n) is 48.1. The number of ether oxygens (including phenoxy) is 4. The number of hydrogen-bond acceptors (Lipinski definition) is 28. The highest BCUT2D eigenvalue weighted by molar-refractivity contribution is 6.34. The summed E-state index contributed by atoms with van der Waals surface area (Å²) in [5.74, 6) is -5.72. The number of cyclic esters (lactones) is 4. The zero-order valence-corrected chi connectivity index (χ0v) is 81.2. The highest BCUT2D eigenvalue weighted by atomic mass is 35.5. The van der Waals surface area contributed by atoms with Gasteiger partial charge in [0, 0.05) is 107 Å². The van der Waals surface area contributed by atoms with Crippen molar-refractivity contribution in [1.29, 1.82) is 0 Å². The molecular formula is C104H134Cl2N8O24. The Kier molecular flexibility index (Phi) is 46.0. The van der Waals surface area contributed by atoms with Crippen LogP contribution < -0.4 is 0 Å². The number of aromatic hydroxyl groups is 8. The summed E-state index contributed by atoms with van der Waals surface area (Å²) < 4.78 is 21.4. The van der Waals surface area contributed by atoms with Crippen LogP contribution in [0.25, 0.3) is 0 Å². The normalized spacial score (nSPS) is 23.3.